The first-order chi connectivity index (χ1) is 14.2. The fourth-order valence-corrected chi connectivity index (χ4v) is 3.45. The van der Waals surface area contributed by atoms with Crippen molar-refractivity contribution in [3.63, 3.8) is 0 Å². The summed E-state index contributed by atoms with van der Waals surface area (Å²) in [5, 5.41) is 24.0. The molecule has 168 valence electrons. The van der Waals surface area contributed by atoms with Crippen molar-refractivity contribution in [2.45, 2.75) is 71.8 Å². The Hall–Kier alpha value is -2.29. The monoisotopic (exact) mass is 449 g/mol. The van der Waals surface area contributed by atoms with Gasteiger partial charge in [-0.1, -0.05) is 11.6 Å². The van der Waals surface area contributed by atoms with Crippen molar-refractivity contribution in [3.05, 3.63) is 35.0 Å². The Labute approximate surface area is 186 Å². The number of anilines is 1. The van der Waals surface area contributed by atoms with Crippen molar-refractivity contribution < 1.29 is 14.6 Å². The third-order valence-corrected chi connectivity index (χ3v) is 5.51. The molecule has 0 aliphatic rings. The van der Waals surface area contributed by atoms with Crippen LogP contribution in [-0.2, 0) is 5.60 Å². The zero-order chi connectivity index (χ0) is 23.3. The van der Waals surface area contributed by atoms with Crippen LogP contribution in [0, 0.1) is 5.82 Å². The van der Waals surface area contributed by atoms with E-state index in [-0.39, 0.29) is 28.6 Å². The molecule has 0 bridgehead atoms. The zero-order valence-corrected chi connectivity index (χ0v) is 19.6. The summed E-state index contributed by atoms with van der Waals surface area (Å²) in [6.07, 6.45) is 1.44. The van der Waals surface area contributed by atoms with E-state index in [4.69, 9.17) is 11.6 Å². The maximum absolute atomic E-state index is 15.1. The van der Waals surface area contributed by atoms with Crippen LogP contribution in [0.15, 0.2) is 18.3 Å². The number of fused-ring (bicyclic) bond motifs is 1. The van der Waals surface area contributed by atoms with E-state index < -0.39 is 17.0 Å². The summed E-state index contributed by atoms with van der Waals surface area (Å²) in [7, 11) is 0. The van der Waals surface area contributed by atoms with E-state index in [9.17, 15) is 10.2 Å². The lowest BCUT2D eigenvalue weighted by atomic mass is 10.0. The maximum atomic E-state index is 15.1. The number of hydrogen-bond donors (Lipinski definition) is 3. The summed E-state index contributed by atoms with van der Waals surface area (Å²) in [5.74, 6) is 0.110. The number of benzene rings is 1. The van der Waals surface area contributed by atoms with Gasteiger partial charge in [0, 0.05) is 11.6 Å². The van der Waals surface area contributed by atoms with Gasteiger partial charge in [-0.15, -0.1) is 0 Å². The predicted molar refractivity (Wildman–Crippen MR) is 121 cm³/mol. The predicted octanol–water partition coefficient (Wildman–Crippen LogP) is 4.67. The smallest absolute Gasteiger partial charge is 0.223 e. The van der Waals surface area contributed by atoms with E-state index in [0.29, 0.717) is 22.6 Å². The first-order valence-corrected chi connectivity index (χ1v) is 10.5. The van der Waals surface area contributed by atoms with E-state index >= 15 is 4.39 Å². The van der Waals surface area contributed by atoms with Crippen LogP contribution < -0.4 is 5.32 Å². The number of aliphatic hydroxyl groups is 2. The molecule has 1 atom stereocenters. The molecule has 0 saturated heterocycles. The lowest BCUT2D eigenvalue weighted by Gasteiger charge is -2.26. The van der Waals surface area contributed by atoms with Crippen molar-refractivity contribution >= 4 is 28.6 Å². The van der Waals surface area contributed by atoms with E-state index in [2.05, 4.69) is 20.3 Å². The van der Waals surface area contributed by atoms with Crippen LogP contribution in [0.1, 0.15) is 60.3 Å². The molecular weight excluding hydrogens is 421 g/mol. The van der Waals surface area contributed by atoms with Crippen molar-refractivity contribution in [2.75, 3.05) is 5.32 Å². The molecule has 3 aromatic rings. The lowest BCUT2D eigenvalue weighted by Crippen LogP contribution is -2.39. The van der Waals surface area contributed by atoms with Gasteiger partial charge in [-0.3, -0.25) is 0 Å². The largest absolute Gasteiger partial charge is 0.388 e. The highest BCUT2D eigenvalue weighted by atomic mass is 35.5. The Balaban J connectivity index is 2.18. The number of rotatable bonds is 6. The molecule has 2 aromatic heterocycles. The van der Waals surface area contributed by atoms with Gasteiger partial charge in [0.05, 0.1) is 34.1 Å². The van der Waals surface area contributed by atoms with Gasteiger partial charge in [0.15, 0.2) is 5.82 Å². The average Bonchev–Trinajstić information content (AvgIpc) is 3.03. The molecule has 9 heteroatoms. The van der Waals surface area contributed by atoms with E-state index in [1.807, 2.05) is 25.3 Å². The Morgan fingerprint density at radius 2 is 1.74 bits per heavy atom. The van der Waals surface area contributed by atoms with Crippen LogP contribution in [0.3, 0.4) is 0 Å². The molecule has 0 saturated carbocycles. The highest BCUT2D eigenvalue weighted by Crippen LogP contribution is 2.34. The average molecular weight is 450 g/mol. The number of nitrogens with zero attached hydrogens (tertiary/aromatic N) is 4. The molecule has 1 aromatic carbocycles. The molecule has 2 heterocycles. The summed E-state index contributed by atoms with van der Waals surface area (Å²) in [6.45, 7) is 12.3. The molecule has 0 aliphatic carbocycles. The van der Waals surface area contributed by atoms with Crippen molar-refractivity contribution in [1.82, 2.24) is 19.5 Å². The number of hydrogen-bond acceptors (Lipinski definition) is 6. The molecule has 3 N–H and O–H groups in total. The molecule has 0 fully saturated rings. The second-order valence-corrected chi connectivity index (χ2v) is 9.60. The second kappa shape index (κ2) is 8.00. The first kappa shape index (κ1) is 23.4. The molecule has 7 nitrogen and oxygen atoms in total. The van der Waals surface area contributed by atoms with Gasteiger partial charge in [-0.2, -0.15) is 0 Å². The number of halogens is 2. The van der Waals surface area contributed by atoms with Crippen molar-refractivity contribution in [2.24, 2.45) is 0 Å². The number of nitrogens with one attached hydrogen (secondary N) is 1. The molecule has 0 amide bonds. The lowest BCUT2D eigenvalue weighted by molar-refractivity contribution is 0.0639. The standard InChI is InChI=1S/C22H29ClFN5O2/c1-11(2)29-16-9-13(8-15(24)18(16)27-19(29)22(6,7)31)17-14(23)10-25-20(28-17)26-12(3)21(4,5)30/h8-12,30-31H,1-7H3,(H,25,26,28)/t12-/m0/s1. The topological polar surface area (TPSA) is 96.1 Å². The molecular formula is C22H29ClFN5O2. The van der Waals surface area contributed by atoms with Crippen molar-refractivity contribution in [1.29, 1.82) is 0 Å². The van der Waals surface area contributed by atoms with Gasteiger partial charge in [0.1, 0.15) is 16.9 Å². The van der Waals surface area contributed by atoms with Crippen LogP contribution in [-0.4, -0.2) is 41.4 Å². The van der Waals surface area contributed by atoms with Crippen LogP contribution in [0.25, 0.3) is 22.3 Å². The normalized spacial score (nSPS) is 13.8. The van der Waals surface area contributed by atoms with Crippen LogP contribution in [0.4, 0.5) is 10.3 Å². The fraction of sp³-hybridized carbons (Fsp3) is 0.500. The van der Waals surface area contributed by atoms with Gasteiger partial charge in [0.25, 0.3) is 0 Å². The van der Waals surface area contributed by atoms with E-state index in [1.54, 1.807) is 33.8 Å². The first-order valence-electron chi connectivity index (χ1n) is 10.2. The van der Waals surface area contributed by atoms with E-state index in [0.717, 1.165) is 0 Å². The van der Waals surface area contributed by atoms with Crippen LogP contribution in [0.2, 0.25) is 5.02 Å². The van der Waals surface area contributed by atoms with E-state index in [1.165, 1.54) is 12.3 Å². The molecule has 31 heavy (non-hydrogen) atoms. The van der Waals surface area contributed by atoms with Gasteiger partial charge < -0.3 is 20.1 Å². The Kier molecular flexibility index (Phi) is 6.03. The van der Waals surface area contributed by atoms with Gasteiger partial charge in [0.2, 0.25) is 5.95 Å². The molecule has 0 aliphatic heterocycles. The SMILES string of the molecule is CC(C)n1c(C(C)(C)O)nc2c(F)cc(-c3nc(N[C@@H](C)C(C)(C)O)ncc3Cl)cc21. The Morgan fingerprint density at radius 3 is 2.29 bits per heavy atom. The number of imidazole rings is 1. The summed E-state index contributed by atoms with van der Waals surface area (Å²) >= 11 is 6.35. The zero-order valence-electron chi connectivity index (χ0n) is 18.8. The van der Waals surface area contributed by atoms with Crippen LogP contribution in [0.5, 0.6) is 0 Å². The molecule has 0 spiro atoms. The minimum Gasteiger partial charge on any atom is -0.388 e. The van der Waals surface area contributed by atoms with Gasteiger partial charge >= 0.3 is 0 Å². The second-order valence-electron chi connectivity index (χ2n) is 9.19. The summed E-state index contributed by atoms with van der Waals surface area (Å²) in [6, 6.07) is 2.69. The third-order valence-electron chi connectivity index (χ3n) is 5.24. The molecule has 0 unspecified atom stereocenters. The highest BCUT2D eigenvalue weighted by molar-refractivity contribution is 6.33. The maximum Gasteiger partial charge on any atom is 0.223 e. The fourth-order valence-electron chi connectivity index (χ4n) is 3.25. The quantitative estimate of drug-likeness (QED) is 0.506. The summed E-state index contributed by atoms with van der Waals surface area (Å²) in [5.41, 5.74) is -0.715. The Bertz CT molecular complexity index is 1120. The third kappa shape index (κ3) is 4.66. The van der Waals surface area contributed by atoms with Gasteiger partial charge in [-0.25, -0.2) is 19.3 Å². The minimum absolute atomic E-state index is 0.0631. The van der Waals surface area contributed by atoms with Crippen molar-refractivity contribution in [3.8, 4) is 11.3 Å². The summed E-state index contributed by atoms with van der Waals surface area (Å²) in [4.78, 5) is 13.0. The number of aromatic nitrogens is 4. The minimum atomic E-state index is -1.24. The molecule has 0 radical (unpaired) electrons. The highest BCUT2D eigenvalue weighted by Gasteiger charge is 2.28. The van der Waals surface area contributed by atoms with Crippen LogP contribution >= 0.6 is 11.6 Å². The molecule has 3 rings (SSSR count). The Morgan fingerprint density at radius 1 is 1.10 bits per heavy atom. The summed E-state index contributed by atoms with van der Waals surface area (Å²) < 4.78 is 16.9. The van der Waals surface area contributed by atoms with Gasteiger partial charge in [-0.05, 0) is 60.6 Å².